The van der Waals surface area contributed by atoms with Crippen LogP contribution in [0.1, 0.15) is 16.9 Å². The second-order valence-corrected chi connectivity index (χ2v) is 7.65. The molecule has 2 aromatic rings. The standard InChI is InChI=1S/C19H23ClN2OS/c20-17-4-1-3-16(15-17)8-9-21-10-12-22(13-11-21)19(23)7-6-18-5-2-14-24-18/h1-5,14-15H,6-13H2. The predicted molar refractivity (Wildman–Crippen MR) is 101 cm³/mol. The minimum atomic E-state index is 0.290. The zero-order valence-corrected chi connectivity index (χ0v) is 15.4. The first kappa shape index (κ1) is 17.5. The van der Waals surface area contributed by atoms with Gasteiger partial charge in [0.05, 0.1) is 0 Å². The number of thiophene rings is 1. The van der Waals surface area contributed by atoms with Crippen LogP contribution in [0.15, 0.2) is 41.8 Å². The van der Waals surface area contributed by atoms with Crippen LogP contribution in [-0.2, 0) is 17.6 Å². The number of aryl methyl sites for hydroxylation is 1. The quantitative estimate of drug-likeness (QED) is 0.781. The molecular formula is C19H23ClN2OS. The Kier molecular flexibility index (Phi) is 6.30. The van der Waals surface area contributed by atoms with Crippen molar-refractivity contribution in [3.05, 3.63) is 57.2 Å². The molecule has 1 amide bonds. The summed E-state index contributed by atoms with van der Waals surface area (Å²) in [6, 6.07) is 12.2. The molecular weight excluding hydrogens is 340 g/mol. The van der Waals surface area contributed by atoms with Crippen molar-refractivity contribution in [3.8, 4) is 0 Å². The average molecular weight is 363 g/mol. The van der Waals surface area contributed by atoms with Gasteiger partial charge >= 0.3 is 0 Å². The molecule has 1 aromatic carbocycles. The van der Waals surface area contributed by atoms with Gasteiger partial charge in [-0.25, -0.2) is 0 Å². The third-order valence-corrected chi connectivity index (χ3v) is 5.67. The highest BCUT2D eigenvalue weighted by atomic mass is 35.5. The van der Waals surface area contributed by atoms with Crippen LogP contribution in [-0.4, -0.2) is 48.4 Å². The number of nitrogens with zero attached hydrogens (tertiary/aromatic N) is 2. The summed E-state index contributed by atoms with van der Waals surface area (Å²) >= 11 is 7.76. The van der Waals surface area contributed by atoms with Gasteiger partial charge in [-0.05, 0) is 42.0 Å². The van der Waals surface area contributed by atoms with Crippen LogP contribution in [0.4, 0.5) is 0 Å². The number of benzene rings is 1. The van der Waals surface area contributed by atoms with E-state index in [0.29, 0.717) is 6.42 Å². The highest BCUT2D eigenvalue weighted by Crippen LogP contribution is 2.14. The van der Waals surface area contributed by atoms with E-state index in [1.165, 1.54) is 10.4 Å². The van der Waals surface area contributed by atoms with E-state index in [9.17, 15) is 4.79 Å². The van der Waals surface area contributed by atoms with Gasteiger partial charge in [-0.1, -0.05) is 29.8 Å². The van der Waals surface area contributed by atoms with Gasteiger partial charge in [-0.15, -0.1) is 11.3 Å². The Bertz CT molecular complexity index is 651. The van der Waals surface area contributed by atoms with Crippen LogP contribution < -0.4 is 0 Å². The highest BCUT2D eigenvalue weighted by Gasteiger charge is 2.20. The molecule has 0 unspecified atom stereocenters. The molecule has 2 heterocycles. The summed E-state index contributed by atoms with van der Waals surface area (Å²) in [5, 5.41) is 2.87. The molecule has 3 rings (SSSR count). The largest absolute Gasteiger partial charge is 0.340 e. The molecule has 0 N–H and O–H groups in total. The number of carbonyl (C=O) groups is 1. The zero-order chi connectivity index (χ0) is 16.8. The summed E-state index contributed by atoms with van der Waals surface area (Å²) in [4.78, 5) is 18.1. The average Bonchev–Trinajstić information content (AvgIpc) is 3.12. The maximum absolute atomic E-state index is 12.3. The Morgan fingerprint density at radius 3 is 2.62 bits per heavy atom. The molecule has 1 fully saturated rings. The maximum atomic E-state index is 12.3. The van der Waals surface area contributed by atoms with Crippen molar-refractivity contribution in [2.24, 2.45) is 0 Å². The van der Waals surface area contributed by atoms with Gasteiger partial charge < -0.3 is 4.90 Å². The lowest BCUT2D eigenvalue weighted by molar-refractivity contribution is -0.132. The van der Waals surface area contributed by atoms with Crippen LogP contribution in [0.3, 0.4) is 0 Å². The Morgan fingerprint density at radius 1 is 1.08 bits per heavy atom. The molecule has 0 radical (unpaired) electrons. The number of amides is 1. The SMILES string of the molecule is O=C(CCc1cccs1)N1CCN(CCc2cccc(Cl)c2)CC1. The Balaban J connectivity index is 1.38. The van der Waals surface area contributed by atoms with Crippen LogP contribution in [0.5, 0.6) is 0 Å². The van der Waals surface area contributed by atoms with Crippen molar-refractivity contribution in [2.45, 2.75) is 19.3 Å². The van der Waals surface area contributed by atoms with Gasteiger partial charge in [-0.3, -0.25) is 9.69 Å². The first-order chi connectivity index (χ1) is 11.7. The summed E-state index contributed by atoms with van der Waals surface area (Å²) in [7, 11) is 0. The monoisotopic (exact) mass is 362 g/mol. The number of hydrogen-bond donors (Lipinski definition) is 0. The molecule has 0 spiro atoms. The molecule has 1 aromatic heterocycles. The highest BCUT2D eigenvalue weighted by molar-refractivity contribution is 7.09. The second kappa shape index (κ2) is 8.65. The molecule has 0 saturated carbocycles. The number of halogens is 1. The molecule has 0 bridgehead atoms. The van der Waals surface area contributed by atoms with Gasteiger partial charge in [0.15, 0.2) is 0 Å². The Labute approximate surface area is 152 Å². The van der Waals surface area contributed by atoms with Gasteiger partial charge in [0.25, 0.3) is 0 Å². The normalized spacial score (nSPS) is 15.6. The topological polar surface area (TPSA) is 23.6 Å². The van der Waals surface area contributed by atoms with E-state index in [4.69, 9.17) is 11.6 Å². The maximum Gasteiger partial charge on any atom is 0.223 e. The van der Waals surface area contributed by atoms with Crippen LogP contribution >= 0.6 is 22.9 Å². The lowest BCUT2D eigenvalue weighted by atomic mass is 10.1. The summed E-state index contributed by atoms with van der Waals surface area (Å²) in [6.45, 7) is 4.64. The minimum absolute atomic E-state index is 0.290. The summed E-state index contributed by atoms with van der Waals surface area (Å²) in [6.07, 6.45) is 2.50. The van der Waals surface area contributed by atoms with Crippen molar-refractivity contribution < 1.29 is 4.79 Å². The zero-order valence-electron chi connectivity index (χ0n) is 13.8. The second-order valence-electron chi connectivity index (χ2n) is 6.18. The fourth-order valence-corrected chi connectivity index (χ4v) is 3.97. The van der Waals surface area contributed by atoms with E-state index in [0.717, 1.165) is 50.6 Å². The first-order valence-corrected chi connectivity index (χ1v) is 9.73. The Morgan fingerprint density at radius 2 is 1.92 bits per heavy atom. The van der Waals surface area contributed by atoms with Gasteiger partial charge in [0.2, 0.25) is 5.91 Å². The number of carbonyl (C=O) groups excluding carboxylic acids is 1. The minimum Gasteiger partial charge on any atom is -0.340 e. The van der Waals surface area contributed by atoms with E-state index in [1.807, 2.05) is 29.2 Å². The van der Waals surface area contributed by atoms with Gasteiger partial charge in [-0.2, -0.15) is 0 Å². The molecule has 1 saturated heterocycles. The van der Waals surface area contributed by atoms with Crippen molar-refractivity contribution in [1.29, 1.82) is 0 Å². The summed E-state index contributed by atoms with van der Waals surface area (Å²) in [5.74, 6) is 0.290. The van der Waals surface area contributed by atoms with E-state index < -0.39 is 0 Å². The van der Waals surface area contributed by atoms with Crippen molar-refractivity contribution >= 4 is 28.8 Å². The lowest BCUT2D eigenvalue weighted by Gasteiger charge is -2.34. The van der Waals surface area contributed by atoms with Crippen LogP contribution in [0.25, 0.3) is 0 Å². The third-order valence-electron chi connectivity index (χ3n) is 4.50. The molecule has 1 aliphatic rings. The molecule has 0 aliphatic carbocycles. The third kappa shape index (κ3) is 5.07. The fraction of sp³-hybridized carbons (Fsp3) is 0.421. The summed E-state index contributed by atoms with van der Waals surface area (Å²) < 4.78 is 0. The number of hydrogen-bond acceptors (Lipinski definition) is 3. The van der Waals surface area contributed by atoms with Crippen molar-refractivity contribution in [2.75, 3.05) is 32.7 Å². The molecule has 1 aliphatic heterocycles. The van der Waals surface area contributed by atoms with Crippen LogP contribution in [0, 0.1) is 0 Å². The molecule has 24 heavy (non-hydrogen) atoms. The fourth-order valence-electron chi connectivity index (χ4n) is 3.04. The Hall–Kier alpha value is -1.36. The van der Waals surface area contributed by atoms with E-state index in [2.05, 4.69) is 22.4 Å². The van der Waals surface area contributed by atoms with E-state index in [-0.39, 0.29) is 5.91 Å². The van der Waals surface area contributed by atoms with Gasteiger partial charge in [0, 0.05) is 49.0 Å². The molecule has 0 atom stereocenters. The van der Waals surface area contributed by atoms with Gasteiger partial charge in [0.1, 0.15) is 0 Å². The number of piperazine rings is 1. The summed E-state index contributed by atoms with van der Waals surface area (Å²) in [5.41, 5.74) is 1.27. The van der Waals surface area contributed by atoms with E-state index in [1.54, 1.807) is 11.3 Å². The van der Waals surface area contributed by atoms with Crippen molar-refractivity contribution in [3.63, 3.8) is 0 Å². The first-order valence-electron chi connectivity index (χ1n) is 8.48. The smallest absolute Gasteiger partial charge is 0.223 e. The lowest BCUT2D eigenvalue weighted by Crippen LogP contribution is -2.49. The van der Waals surface area contributed by atoms with Crippen molar-refractivity contribution in [1.82, 2.24) is 9.80 Å². The molecule has 5 heteroatoms. The van der Waals surface area contributed by atoms with E-state index >= 15 is 0 Å². The molecule has 3 nitrogen and oxygen atoms in total. The predicted octanol–water partition coefficient (Wildman–Crippen LogP) is 3.72. The van der Waals surface area contributed by atoms with Crippen LogP contribution in [0.2, 0.25) is 5.02 Å². The number of rotatable bonds is 6. The molecule has 128 valence electrons.